The average molecular weight is 256 g/mol. The van der Waals surface area contributed by atoms with Crippen molar-refractivity contribution in [2.24, 2.45) is 5.73 Å². The van der Waals surface area contributed by atoms with E-state index in [2.05, 4.69) is 5.32 Å². The largest absolute Gasteiger partial charge is 0.378 e. The van der Waals surface area contributed by atoms with Crippen LogP contribution in [0.15, 0.2) is 0 Å². The topological polar surface area (TPSA) is 64.3 Å². The molecule has 18 heavy (non-hydrogen) atoms. The number of hydrogen-bond donors (Lipinski definition) is 2. The zero-order chi connectivity index (χ0) is 13.6. The molecular weight excluding hydrogens is 228 g/mol. The monoisotopic (exact) mass is 256 g/mol. The fourth-order valence-electron chi connectivity index (χ4n) is 2.27. The summed E-state index contributed by atoms with van der Waals surface area (Å²) in [6.07, 6.45) is 6.98. The van der Waals surface area contributed by atoms with Gasteiger partial charge in [0.05, 0.1) is 11.6 Å². The van der Waals surface area contributed by atoms with Crippen LogP contribution in [0.5, 0.6) is 0 Å². The van der Waals surface area contributed by atoms with Crippen LogP contribution >= 0.6 is 0 Å². The van der Waals surface area contributed by atoms with E-state index in [4.69, 9.17) is 10.5 Å². The Balaban J connectivity index is 2.18. The second kappa shape index (κ2) is 7.10. The molecule has 1 amide bonds. The fraction of sp³-hybridized carbons (Fsp3) is 0.929. The molecule has 0 spiro atoms. The summed E-state index contributed by atoms with van der Waals surface area (Å²) >= 11 is 0. The van der Waals surface area contributed by atoms with Crippen molar-refractivity contribution < 1.29 is 9.53 Å². The molecule has 3 N–H and O–H groups in total. The van der Waals surface area contributed by atoms with Gasteiger partial charge in [0, 0.05) is 12.6 Å². The lowest BCUT2D eigenvalue weighted by molar-refractivity contribution is -0.124. The maximum atomic E-state index is 11.5. The quantitative estimate of drug-likeness (QED) is 0.620. The van der Waals surface area contributed by atoms with Gasteiger partial charge in [-0.1, -0.05) is 0 Å². The van der Waals surface area contributed by atoms with E-state index in [1.807, 2.05) is 20.8 Å². The van der Waals surface area contributed by atoms with E-state index in [0.29, 0.717) is 6.10 Å². The molecule has 4 nitrogen and oxygen atoms in total. The summed E-state index contributed by atoms with van der Waals surface area (Å²) in [7, 11) is 0. The van der Waals surface area contributed by atoms with Crippen LogP contribution in [0.25, 0.3) is 0 Å². The van der Waals surface area contributed by atoms with Gasteiger partial charge in [0.2, 0.25) is 5.91 Å². The first-order valence-corrected chi connectivity index (χ1v) is 7.13. The maximum Gasteiger partial charge on any atom is 0.237 e. The zero-order valence-corrected chi connectivity index (χ0v) is 12.0. The summed E-state index contributed by atoms with van der Waals surface area (Å²) in [5.74, 6) is -0.267. The molecule has 4 heteroatoms. The number of rotatable bonds is 9. The third-order valence-electron chi connectivity index (χ3n) is 3.63. The van der Waals surface area contributed by atoms with Crippen molar-refractivity contribution >= 4 is 5.91 Å². The van der Waals surface area contributed by atoms with Crippen LogP contribution in [-0.2, 0) is 9.53 Å². The number of carbonyl (C=O) groups is 1. The van der Waals surface area contributed by atoms with Crippen LogP contribution in [-0.4, -0.2) is 30.2 Å². The predicted octanol–water partition coefficient (Wildman–Crippen LogP) is 1.97. The van der Waals surface area contributed by atoms with Gasteiger partial charge in [0.25, 0.3) is 0 Å². The average Bonchev–Trinajstić information content (AvgIpc) is 2.19. The molecule has 106 valence electrons. The van der Waals surface area contributed by atoms with Crippen LogP contribution in [0, 0.1) is 0 Å². The number of carbonyl (C=O) groups excluding carboxylic acids is 1. The molecule has 1 aliphatic carbocycles. The molecule has 0 aromatic heterocycles. The fourth-order valence-corrected chi connectivity index (χ4v) is 2.27. The molecule has 1 unspecified atom stereocenters. The summed E-state index contributed by atoms with van der Waals surface area (Å²) in [5, 5.41) is 3.26. The first kappa shape index (κ1) is 15.4. The molecule has 0 heterocycles. The van der Waals surface area contributed by atoms with Crippen LogP contribution in [0.4, 0.5) is 0 Å². The number of nitrogens with two attached hydrogens (primary N) is 1. The minimum absolute atomic E-state index is 0.258. The number of ether oxygens (including phenoxy) is 1. The minimum Gasteiger partial charge on any atom is -0.378 e. The highest BCUT2D eigenvalue weighted by molar-refractivity contribution is 5.84. The lowest BCUT2D eigenvalue weighted by atomic mass is 9.93. The first-order valence-electron chi connectivity index (χ1n) is 7.13. The molecule has 0 radical (unpaired) electrons. The lowest BCUT2D eigenvalue weighted by Crippen LogP contribution is -2.55. The van der Waals surface area contributed by atoms with E-state index in [0.717, 1.165) is 25.9 Å². The SMILES string of the molecule is CC(C)NC(C)(CCCCOC1CCC1)C(N)=O. The van der Waals surface area contributed by atoms with Crippen LogP contribution in [0.2, 0.25) is 0 Å². The Morgan fingerprint density at radius 3 is 2.56 bits per heavy atom. The maximum absolute atomic E-state index is 11.5. The molecule has 1 aliphatic rings. The number of unbranched alkanes of at least 4 members (excludes halogenated alkanes) is 1. The van der Waals surface area contributed by atoms with E-state index in [9.17, 15) is 4.79 Å². The number of amides is 1. The predicted molar refractivity (Wildman–Crippen MR) is 73.3 cm³/mol. The second-order valence-electron chi connectivity index (χ2n) is 5.88. The molecular formula is C14H28N2O2. The molecule has 0 saturated heterocycles. The van der Waals surface area contributed by atoms with Gasteiger partial charge in [0.15, 0.2) is 0 Å². The first-order chi connectivity index (χ1) is 8.44. The van der Waals surface area contributed by atoms with Crippen molar-refractivity contribution in [1.29, 1.82) is 0 Å². The molecule has 1 rings (SSSR count). The van der Waals surface area contributed by atoms with Crippen molar-refractivity contribution in [3.05, 3.63) is 0 Å². The Morgan fingerprint density at radius 2 is 2.11 bits per heavy atom. The number of hydrogen-bond acceptors (Lipinski definition) is 3. The van der Waals surface area contributed by atoms with Gasteiger partial charge in [-0.3, -0.25) is 4.79 Å². The lowest BCUT2D eigenvalue weighted by Gasteiger charge is -2.30. The van der Waals surface area contributed by atoms with Gasteiger partial charge < -0.3 is 15.8 Å². The number of primary amides is 1. The molecule has 0 bridgehead atoms. The van der Waals surface area contributed by atoms with Crippen LogP contribution in [0.3, 0.4) is 0 Å². The Bertz CT molecular complexity index is 265. The summed E-state index contributed by atoms with van der Waals surface area (Å²) in [6, 6.07) is 0.258. The Kier molecular flexibility index (Phi) is 6.09. The molecule has 0 aliphatic heterocycles. The van der Waals surface area contributed by atoms with Gasteiger partial charge in [-0.2, -0.15) is 0 Å². The molecule has 0 aromatic carbocycles. The number of nitrogens with one attached hydrogen (secondary N) is 1. The normalized spacial score (nSPS) is 19.6. The van der Waals surface area contributed by atoms with Gasteiger partial charge in [-0.05, 0) is 59.3 Å². The van der Waals surface area contributed by atoms with Crippen LogP contribution < -0.4 is 11.1 Å². The van der Waals surface area contributed by atoms with Crippen molar-refractivity contribution in [3.63, 3.8) is 0 Å². The highest BCUT2D eigenvalue weighted by Gasteiger charge is 2.30. The van der Waals surface area contributed by atoms with Gasteiger partial charge in [-0.15, -0.1) is 0 Å². The Hall–Kier alpha value is -0.610. The van der Waals surface area contributed by atoms with Gasteiger partial charge in [0.1, 0.15) is 0 Å². The van der Waals surface area contributed by atoms with Gasteiger partial charge >= 0.3 is 0 Å². The molecule has 1 fully saturated rings. The third-order valence-corrected chi connectivity index (χ3v) is 3.63. The van der Waals surface area contributed by atoms with E-state index in [1.165, 1.54) is 19.3 Å². The summed E-state index contributed by atoms with van der Waals surface area (Å²) in [6.45, 7) is 6.76. The standard InChI is InChI=1S/C14H28N2O2/c1-11(2)16-14(3,13(15)17)9-4-5-10-18-12-7-6-8-12/h11-12,16H,4-10H2,1-3H3,(H2,15,17). The molecule has 1 atom stereocenters. The van der Waals surface area contributed by atoms with E-state index in [1.54, 1.807) is 0 Å². The molecule has 1 saturated carbocycles. The molecule has 0 aromatic rings. The summed E-state index contributed by atoms with van der Waals surface area (Å²) in [5.41, 5.74) is 4.89. The van der Waals surface area contributed by atoms with E-state index in [-0.39, 0.29) is 11.9 Å². The Morgan fingerprint density at radius 1 is 1.44 bits per heavy atom. The van der Waals surface area contributed by atoms with Crippen molar-refractivity contribution in [3.8, 4) is 0 Å². The van der Waals surface area contributed by atoms with Crippen molar-refractivity contribution in [2.75, 3.05) is 6.61 Å². The summed E-state index contributed by atoms with van der Waals surface area (Å²) in [4.78, 5) is 11.5. The highest BCUT2D eigenvalue weighted by Crippen LogP contribution is 2.22. The van der Waals surface area contributed by atoms with E-state index >= 15 is 0 Å². The van der Waals surface area contributed by atoms with Crippen LogP contribution in [0.1, 0.15) is 59.3 Å². The highest BCUT2D eigenvalue weighted by atomic mass is 16.5. The zero-order valence-electron chi connectivity index (χ0n) is 12.0. The van der Waals surface area contributed by atoms with Gasteiger partial charge in [-0.25, -0.2) is 0 Å². The third kappa shape index (κ3) is 4.94. The minimum atomic E-state index is -0.593. The smallest absolute Gasteiger partial charge is 0.237 e. The van der Waals surface area contributed by atoms with Crippen molar-refractivity contribution in [1.82, 2.24) is 5.32 Å². The van der Waals surface area contributed by atoms with Crippen molar-refractivity contribution in [2.45, 2.75) is 77.0 Å². The summed E-state index contributed by atoms with van der Waals surface area (Å²) < 4.78 is 5.70. The van der Waals surface area contributed by atoms with E-state index < -0.39 is 5.54 Å². The second-order valence-corrected chi connectivity index (χ2v) is 5.88. The Labute approximate surface area is 111 Å².